The summed E-state index contributed by atoms with van der Waals surface area (Å²) < 4.78 is 47.6. The van der Waals surface area contributed by atoms with Gasteiger partial charge in [-0.1, -0.05) is 15.9 Å². The monoisotopic (exact) mass is 443 g/mol. The number of carbonyl (C=O) groups excluding carboxylic acids is 1. The molecule has 0 amide bonds. The van der Waals surface area contributed by atoms with E-state index in [4.69, 9.17) is 0 Å². The number of hydrogen-bond donors (Lipinski definition) is 0. The van der Waals surface area contributed by atoms with Crippen molar-refractivity contribution in [2.24, 2.45) is 0 Å². The number of pyridine rings is 1. The largest absolute Gasteiger partial charge is 0.464 e. The fourth-order valence-electron chi connectivity index (χ4n) is 2.81. The third-order valence-electron chi connectivity index (χ3n) is 3.95. The molecule has 2 heterocycles. The molecule has 10 heteroatoms. The summed E-state index contributed by atoms with van der Waals surface area (Å²) in [6, 6.07) is 7.31. The number of aromatic nitrogens is 3. The van der Waals surface area contributed by atoms with Crippen LogP contribution in [0.4, 0.5) is 13.2 Å². The van der Waals surface area contributed by atoms with Gasteiger partial charge in [-0.2, -0.15) is 13.2 Å². The van der Waals surface area contributed by atoms with E-state index in [0.29, 0.717) is 11.8 Å². The number of ether oxygens (including phenoxy) is 1. The van der Waals surface area contributed by atoms with Crippen molar-refractivity contribution in [2.75, 3.05) is 7.11 Å². The molecule has 0 saturated heterocycles. The molecule has 1 aromatic carbocycles. The van der Waals surface area contributed by atoms with Crippen LogP contribution in [0.25, 0.3) is 16.6 Å². The first-order chi connectivity index (χ1) is 12.7. The van der Waals surface area contributed by atoms with Gasteiger partial charge in [0.2, 0.25) is 0 Å². The maximum absolute atomic E-state index is 13.2. The fourth-order valence-corrected chi connectivity index (χ4v) is 3.07. The Morgan fingerprint density at radius 3 is 2.41 bits per heavy atom. The van der Waals surface area contributed by atoms with Gasteiger partial charge in [-0.25, -0.2) is 14.5 Å². The summed E-state index contributed by atoms with van der Waals surface area (Å²) in [5.41, 5.74) is -2.15. The summed E-state index contributed by atoms with van der Waals surface area (Å²) in [6.45, 7) is 1.92. The minimum atomic E-state index is -4.82. The molecule has 0 atom stereocenters. The van der Waals surface area contributed by atoms with Gasteiger partial charge < -0.3 is 4.74 Å². The average Bonchev–Trinajstić information content (AvgIpc) is 2.92. The number of halogens is 4. The molecule has 0 bridgehead atoms. The van der Waals surface area contributed by atoms with Crippen LogP contribution in [0.2, 0.25) is 0 Å². The van der Waals surface area contributed by atoms with Gasteiger partial charge >= 0.3 is 12.1 Å². The number of benzene rings is 1. The van der Waals surface area contributed by atoms with E-state index in [2.05, 4.69) is 25.7 Å². The number of esters is 1. The van der Waals surface area contributed by atoms with Gasteiger partial charge in [0, 0.05) is 11.0 Å². The molecule has 0 aliphatic carbocycles. The average molecular weight is 444 g/mol. The van der Waals surface area contributed by atoms with E-state index >= 15 is 0 Å². The van der Waals surface area contributed by atoms with Crippen molar-refractivity contribution in [1.29, 1.82) is 0 Å². The lowest BCUT2D eigenvalue weighted by Gasteiger charge is -2.12. The first-order valence-electron chi connectivity index (χ1n) is 7.77. The Labute approximate surface area is 159 Å². The summed E-state index contributed by atoms with van der Waals surface area (Å²) in [6.07, 6.45) is -4.82. The highest BCUT2D eigenvalue weighted by Crippen LogP contribution is 2.31. The molecule has 0 fully saturated rings. The second-order valence-electron chi connectivity index (χ2n) is 5.55. The molecule has 0 aliphatic rings. The summed E-state index contributed by atoms with van der Waals surface area (Å²) in [5, 5.41) is -0.262. The van der Waals surface area contributed by atoms with Gasteiger partial charge in [-0.15, -0.1) is 0 Å². The van der Waals surface area contributed by atoms with Crippen molar-refractivity contribution in [3.63, 3.8) is 0 Å². The van der Waals surface area contributed by atoms with Gasteiger partial charge in [0.05, 0.1) is 18.2 Å². The van der Waals surface area contributed by atoms with Crippen molar-refractivity contribution >= 4 is 32.8 Å². The smallest absolute Gasteiger partial charge is 0.433 e. The lowest BCUT2D eigenvalue weighted by atomic mass is 10.2. The molecular weight excluding hydrogens is 431 g/mol. The standard InChI is InChI=1S/C17H13BrF3N3O3/c1-3-23-14-11(15(25)24(23)10-6-4-9(18)5-7-10)8-12(17(19,20)21)22-13(14)16(26)27-2/h4-8H,3H2,1-2H3. The molecule has 0 N–H and O–H groups in total. The SMILES string of the molecule is CCn1c2c(C(=O)OC)nc(C(F)(F)F)cc2c(=O)n1-c1ccc(Br)cc1. The Kier molecular flexibility index (Phi) is 4.85. The number of methoxy groups -OCH3 is 1. The van der Waals surface area contributed by atoms with Gasteiger partial charge in [0.15, 0.2) is 5.69 Å². The van der Waals surface area contributed by atoms with Crippen LogP contribution in [-0.2, 0) is 17.5 Å². The summed E-state index contributed by atoms with van der Waals surface area (Å²) in [4.78, 5) is 28.4. The second-order valence-corrected chi connectivity index (χ2v) is 6.47. The third-order valence-corrected chi connectivity index (χ3v) is 4.48. The molecule has 2 aromatic heterocycles. The molecular formula is C17H13BrF3N3O3. The van der Waals surface area contributed by atoms with Gasteiger partial charge in [-0.3, -0.25) is 9.48 Å². The van der Waals surface area contributed by atoms with Gasteiger partial charge in [0.1, 0.15) is 11.2 Å². The van der Waals surface area contributed by atoms with Crippen LogP contribution in [0.15, 0.2) is 39.6 Å². The van der Waals surface area contributed by atoms with Crippen LogP contribution in [-0.4, -0.2) is 27.4 Å². The predicted octanol–water partition coefficient (Wildman–Crippen LogP) is 3.78. The number of fused-ring (bicyclic) bond motifs is 1. The van der Waals surface area contributed by atoms with E-state index in [1.165, 1.54) is 9.36 Å². The van der Waals surface area contributed by atoms with E-state index < -0.39 is 29.1 Å². The number of hydrogen-bond acceptors (Lipinski definition) is 4. The molecule has 3 rings (SSSR count). The van der Waals surface area contributed by atoms with Crippen molar-refractivity contribution in [2.45, 2.75) is 19.6 Å². The molecule has 27 heavy (non-hydrogen) atoms. The number of alkyl halides is 3. The molecule has 3 aromatic rings. The highest BCUT2D eigenvalue weighted by Gasteiger charge is 2.36. The minimum absolute atomic E-state index is 0.00901. The van der Waals surface area contributed by atoms with Crippen molar-refractivity contribution < 1.29 is 22.7 Å². The van der Waals surface area contributed by atoms with Crippen molar-refractivity contribution in [3.8, 4) is 5.69 Å². The molecule has 0 spiro atoms. The minimum Gasteiger partial charge on any atom is -0.464 e. The second kappa shape index (κ2) is 6.84. The highest BCUT2D eigenvalue weighted by molar-refractivity contribution is 9.10. The molecule has 6 nitrogen and oxygen atoms in total. The Balaban J connectivity index is 2.47. The van der Waals surface area contributed by atoms with Crippen LogP contribution in [0.5, 0.6) is 0 Å². The number of rotatable bonds is 3. The molecule has 0 saturated carbocycles. The van der Waals surface area contributed by atoms with Crippen LogP contribution in [0.3, 0.4) is 0 Å². The maximum Gasteiger partial charge on any atom is 0.433 e. The van der Waals surface area contributed by atoms with Crippen molar-refractivity contribution in [3.05, 3.63) is 56.5 Å². The Hall–Kier alpha value is -2.62. The quantitative estimate of drug-likeness (QED) is 0.577. The normalized spacial score (nSPS) is 11.8. The maximum atomic E-state index is 13.2. The topological polar surface area (TPSA) is 66.1 Å². The number of carbonyl (C=O) groups is 1. The van der Waals surface area contributed by atoms with E-state index in [-0.39, 0.29) is 17.4 Å². The number of aryl methyl sites for hydroxylation is 1. The van der Waals surface area contributed by atoms with Crippen LogP contribution in [0, 0.1) is 0 Å². The van der Waals surface area contributed by atoms with Gasteiger partial charge in [-0.05, 0) is 37.3 Å². The highest BCUT2D eigenvalue weighted by atomic mass is 79.9. The molecule has 142 valence electrons. The number of nitrogens with zero attached hydrogens (tertiary/aromatic N) is 3. The summed E-state index contributed by atoms with van der Waals surface area (Å²) in [7, 11) is 1.04. The van der Waals surface area contributed by atoms with E-state index in [0.717, 1.165) is 11.6 Å². The predicted molar refractivity (Wildman–Crippen MR) is 95.0 cm³/mol. The van der Waals surface area contributed by atoms with Gasteiger partial charge in [0.25, 0.3) is 5.56 Å². The van der Waals surface area contributed by atoms with E-state index in [1.54, 1.807) is 31.2 Å². The molecule has 0 unspecified atom stereocenters. The Bertz CT molecular complexity index is 1090. The first kappa shape index (κ1) is 19.2. The molecule has 0 radical (unpaired) electrons. The zero-order valence-electron chi connectivity index (χ0n) is 14.2. The Morgan fingerprint density at radius 1 is 1.26 bits per heavy atom. The first-order valence-corrected chi connectivity index (χ1v) is 8.56. The van der Waals surface area contributed by atoms with Crippen LogP contribution >= 0.6 is 15.9 Å². The van der Waals surface area contributed by atoms with Crippen LogP contribution < -0.4 is 5.56 Å². The zero-order valence-corrected chi connectivity index (χ0v) is 15.8. The zero-order chi connectivity index (χ0) is 19.9. The third kappa shape index (κ3) is 3.25. The summed E-state index contributed by atoms with van der Waals surface area (Å²) in [5.74, 6) is -1.05. The Morgan fingerprint density at radius 2 is 1.89 bits per heavy atom. The van der Waals surface area contributed by atoms with E-state index in [9.17, 15) is 22.8 Å². The van der Waals surface area contributed by atoms with Crippen molar-refractivity contribution in [1.82, 2.24) is 14.3 Å². The summed E-state index contributed by atoms with van der Waals surface area (Å²) >= 11 is 3.29. The van der Waals surface area contributed by atoms with E-state index in [1.807, 2.05) is 0 Å². The lowest BCUT2D eigenvalue weighted by Crippen LogP contribution is -2.20. The van der Waals surface area contributed by atoms with Crippen LogP contribution in [0.1, 0.15) is 23.1 Å². The fraction of sp³-hybridized carbons (Fsp3) is 0.235. The molecule has 0 aliphatic heterocycles. The lowest BCUT2D eigenvalue weighted by molar-refractivity contribution is -0.141.